The van der Waals surface area contributed by atoms with Gasteiger partial charge in [-0.25, -0.2) is 0 Å². The third-order valence-corrected chi connectivity index (χ3v) is 4.30. The first-order chi connectivity index (χ1) is 9.25. The van der Waals surface area contributed by atoms with Crippen molar-refractivity contribution in [2.45, 2.75) is 31.3 Å². The fourth-order valence-electron chi connectivity index (χ4n) is 2.76. The van der Waals surface area contributed by atoms with Gasteiger partial charge in [0.2, 0.25) is 5.91 Å². The smallest absolute Gasteiger partial charge is 0.223 e. The third-order valence-electron chi connectivity index (χ3n) is 3.96. The molecule has 1 N–H and O–H groups in total. The van der Waals surface area contributed by atoms with Gasteiger partial charge in [-0.3, -0.25) is 4.79 Å². The molecule has 1 amide bonds. The van der Waals surface area contributed by atoms with Gasteiger partial charge < -0.3 is 10.1 Å². The number of ether oxygens (including phenoxy) is 1. The highest BCUT2D eigenvalue weighted by atomic mass is 35.5. The number of hydrogen-bond acceptors (Lipinski definition) is 2. The lowest BCUT2D eigenvalue weighted by Gasteiger charge is -2.10. The molecule has 3 nitrogen and oxygen atoms in total. The zero-order chi connectivity index (χ0) is 13.2. The van der Waals surface area contributed by atoms with Crippen molar-refractivity contribution in [2.75, 3.05) is 13.2 Å². The molecule has 0 spiro atoms. The average Bonchev–Trinajstić information content (AvgIpc) is 3.04. The van der Waals surface area contributed by atoms with Crippen LogP contribution in [0.3, 0.4) is 0 Å². The van der Waals surface area contributed by atoms with Gasteiger partial charge in [-0.15, -0.1) is 0 Å². The molecule has 2 fully saturated rings. The van der Waals surface area contributed by atoms with Gasteiger partial charge in [0, 0.05) is 24.1 Å². The van der Waals surface area contributed by atoms with Crippen LogP contribution in [-0.2, 0) is 9.53 Å². The number of halogens is 1. The maximum Gasteiger partial charge on any atom is 0.223 e. The molecular weight excluding hydrogens is 262 g/mol. The van der Waals surface area contributed by atoms with Crippen molar-refractivity contribution < 1.29 is 9.53 Å². The van der Waals surface area contributed by atoms with Gasteiger partial charge in [-0.1, -0.05) is 29.8 Å². The van der Waals surface area contributed by atoms with Crippen LogP contribution in [-0.4, -0.2) is 25.2 Å². The lowest BCUT2D eigenvalue weighted by molar-refractivity contribution is -0.122. The van der Waals surface area contributed by atoms with Crippen LogP contribution in [0.25, 0.3) is 0 Å². The van der Waals surface area contributed by atoms with Crippen molar-refractivity contribution in [3.63, 3.8) is 0 Å². The predicted octanol–water partition coefficient (Wildman–Crippen LogP) is 2.74. The van der Waals surface area contributed by atoms with Gasteiger partial charge in [0.1, 0.15) is 0 Å². The Kier molecular flexibility index (Phi) is 3.76. The van der Waals surface area contributed by atoms with Crippen molar-refractivity contribution >= 4 is 17.5 Å². The Bertz CT molecular complexity index is 471. The van der Waals surface area contributed by atoms with E-state index in [1.54, 1.807) is 0 Å². The molecule has 0 bridgehead atoms. The highest BCUT2D eigenvalue weighted by Crippen LogP contribution is 2.49. The van der Waals surface area contributed by atoms with E-state index in [1.165, 1.54) is 0 Å². The second kappa shape index (κ2) is 5.51. The second-order valence-corrected chi connectivity index (χ2v) is 5.76. The highest BCUT2D eigenvalue weighted by molar-refractivity contribution is 6.31. The molecule has 19 heavy (non-hydrogen) atoms. The van der Waals surface area contributed by atoms with Gasteiger partial charge >= 0.3 is 0 Å². The average molecular weight is 280 g/mol. The first kappa shape index (κ1) is 12.9. The normalized spacial score (nSPS) is 29.2. The molecule has 1 aromatic rings. The van der Waals surface area contributed by atoms with Gasteiger partial charge in [-0.05, 0) is 36.8 Å². The summed E-state index contributed by atoms with van der Waals surface area (Å²) >= 11 is 6.16. The zero-order valence-corrected chi connectivity index (χ0v) is 11.5. The Morgan fingerprint density at radius 2 is 2.26 bits per heavy atom. The van der Waals surface area contributed by atoms with Crippen LogP contribution >= 0.6 is 11.6 Å². The Balaban J connectivity index is 1.51. The number of amides is 1. The van der Waals surface area contributed by atoms with Crippen LogP contribution in [0.15, 0.2) is 24.3 Å². The largest absolute Gasteiger partial charge is 0.376 e. The Hall–Kier alpha value is -1.06. The van der Waals surface area contributed by atoms with E-state index in [2.05, 4.69) is 5.32 Å². The molecule has 1 aliphatic heterocycles. The minimum absolute atomic E-state index is 0.0845. The second-order valence-electron chi connectivity index (χ2n) is 5.35. The minimum Gasteiger partial charge on any atom is -0.376 e. The van der Waals surface area contributed by atoms with Gasteiger partial charge in [0.25, 0.3) is 0 Å². The summed E-state index contributed by atoms with van der Waals surface area (Å²) in [5, 5.41) is 3.76. The van der Waals surface area contributed by atoms with Crippen LogP contribution in [0.2, 0.25) is 5.02 Å². The standard InChI is InChI=1S/C15H18ClNO2/c16-14-6-2-1-5-11(14)12-8-13(12)15(18)17-9-10-4-3-7-19-10/h1-2,5-6,10,12-13H,3-4,7-9H2,(H,17,18). The monoisotopic (exact) mass is 279 g/mol. The molecule has 4 heteroatoms. The molecule has 3 rings (SSSR count). The van der Waals surface area contributed by atoms with Crippen molar-refractivity contribution in [1.82, 2.24) is 5.32 Å². The number of benzene rings is 1. The van der Waals surface area contributed by atoms with E-state index in [-0.39, 0.29) is 23.8 Å². The van der Waals surface area contributed by atoms with Crippen LogP contribution in [0.5, 0.6) is 0 Å². The van der Waals surface area contributed by atoms with Crippen LogP contribution in [0, 0.1) is 5.92 Å². The van der Waals surface area contributed by atoms with E-state index < -0.39 is 0 Å². The summed E-state index contributed by atoms with van der Waals surface area (Å²) in [7, 11) is 0. The number of rotatable bonds is 4. The maximum atomic E-state index is 12.0. The van der Waals surface area contributed by atoms with E-state index in [4.69, 9.17) is 16.3 Å². The molecule has 2 aliphatic rings. The Morgan fingerprint density at radius 3 is 3.00 bits per heavy atom. The molecule has 1 aromatic carbocycles. The van der Waals surface area contributed by atoms with Crippen LogP contribution in [0.1, 0.15) is 30.7 Å². The quantitative estimate of drug-likeness (QED) is 0.920. The molecule has 0 aromatic heterocycles. The van der Waals surface area contributed by atoms with Crippen molar-refractivity contribution in [2.24, 2.45) is 5.92 Å². The molecule has 1 aliphatic carbocycles. The van der Waals surface area contributed by atoms with Crippen molar-refractivity contribution in [3.05, 3.63) is 34.9 Å². The topological polar surface area (TPSA) is 38.3 Å². The third kappa shape index (κ3) is 2.93. The summed E-state index contributed by atoms with van der Waals surface area (Å²) in [6.45, 7) is 1.47. The van der Waals surface area contributed by atoms with Crippen molar-refractivity contribution in [3.8, 4) is 0 Å². The van der Waals surface area contributed by atoms with E-state index in [0.29, 0.717) is 6.54 Å². The highest BCUT2D eigenvalue weighted by Gasteiger charge is 2.44. The van der Waals surface area contributed by atoms with Gasteiger partial charge in [0.05, 0.1) is 6.10 Å². The van der Waals surface area contributed by atoms with E-state index >= 15 is 0 Å². The molecule has 102 valence electrons. The molecular formula is C15H18ClNO2. The molecule has 1 saturated carbocycles. The zero-order valence-electron chi connectivity index (χ0n) is 10.8. The number of carbonyl (C=O) groups is 1. The van der Waals surface area contributed by atoms with E-state index in [9.17, 15) is 4.79 Å². The SMILES string of the molecule is O=C(NCC1CCCO1)C1CC1c1ccccc1Cl. The van der Waals surface area contributed by atoms with E-state index in [0.717, 1.165) is 36.5 Å². The lowest BCUT2D eigenvalue weighted by atomic mass is 10.1. The predicted molar refractivity (Wildman–Crippen MR) is 74.3 cm³/mol. The number of hydrogen-bond donors (Lipinski definition) is 1. The first-order valence-electron chi connectivity index (χ1n) is 6.89. The first-order valence-corrected chi connectivity index (χ1v) is 7.27. The van der Waals surface area contributed by atoms with Crippen LogP contribution < -0.4 is 5.32 Å². The summed E-state index contributed by atoms with van der Waals surface area (Å²) in [5.41, 5.74) is 1.10. The Labute approximate surface area is 118 Å². The Morgan fingerprint density at radius 1 is 1.42 bits per heavy atom. The number of nitrogens with one attached hydrogen (secondary N) is 1. The maximum absolute atomic E-state index is 12.0. The van der Waals surface area contributed by atoms with E-state index in [1.807, 2.05) is 24.3 Å². The molecule has 1 saturated heterocycles. The molecule has 3 atom stereocenters. The summed E-state index contributed by atoms with van der Waals surface area (Å²) in [6.07, 6.45) is 3.27. The lowest BCUT2D eigenvalue weighted by Crippen LogP contribution is -2.33. The molecule has 1 heterocycles. The van der Waals surface area contributed by atoms with Gasteiger partial charge in [-0.2, -0.15) is 0 Å². The number of carbonyl (C=O) groups excluding carboxylic acids is 1. The summed E-state index contributed by atoms with van der Waals surface area (Å²) in [6, 6.07) is 7.79. The summed E-state index contributed by atoms with van der Waals surface area (Å²) < 4.78 is 5.50. The van der Waals surface area contributed by atoms with Crippen LogP contribution in [0.4, 0.5) is 0 Å². The fraction of sp³-hybridized carbons (Fsp3) is 0.533. The van der Waals surface area contributed by atoms with Gasteiger partial charge in [0.15, 0.2) is 0 Å². The van der Waals surface area contributed by atoms with Crippen molar-refractivity contribution in [1.29, 1.82) is 0 Å². The molecule has 0 radical (unpaired) electrons. The molecule has 3 unspecified atom stereocenters. The fourth-order valence-corrected chi connectivity index (χ4v) is 3.03. The summed E-state index contributed by atoms with van der Waals surface area (Å²) in [4.78, 5) is 12.0. The summed E-state index contributed by atoms with van der Waals surface area (Å²) in [5.74, 6) is 0.514. The minimum atomic E-state index is 0.0845.